The Balaban J connectivity index is 3.27. The van der Waals surface area contributed by atoms with Crippen LogP contribution in [0.1, 0.15) is 18.5 Å². The third kappa shape index (κ3) is 1.79. The fourth-order valence-electron chi connectivity index (χ4n) is 0.893. The van der Waals surface area contributed by atoms with Gasteiger partial charge in [0.15, 0.2) is 0 Å². The van der Waals surface area contributed by atoms with E-state index in [9.17, 15) is 4.39 Å². The number of hydrogen-bond acceptors (Lipinski definition) is 1. The van der Waals surface area contributed by atoms with E-state index in [2.05, 4.69) is 15.9 Å². The topological polar surface area (TPSA) is 26.0 Å². The Bertz CT molecular complexity index is 301. The maximum atomic E-state index is 13.3. The van der Waals surface area contributed by atoms with Gasteiger partial charge in [0.05, 0.1) is 5.02 Å². The standard InChI is InChI=1S/C8H8BrClFN/c1-4(12)5-2-3-6(9)7(10)8(5)11/h2-4H,12H2,1H3. The van der Waals surface area contributed by atoms with E-state index >= 15 is 0 Å². The second kappa shape index (κ2) is 3.73. The van der Waals surface area contributed by atoms with Gasteiger partial charge >= 0.3 is 0 Å². The van der Waals surface area contributed by atoms with E-state index in [0.717, 1.165) is 0 Å². The van der Waals surface area contributed by atoms with Gasteiger partial charge in [0.1, 0.15) is 5.82 Å². The molecule has 12 heavy (non-hydrogen) atoms. The van der Waals surface area contributed by atoms with E-state index in [0.29, 0.717) is 10.0 Å². The van der Waals surface area contributed by atoms with Crippen molar-refractivity contribution in [1.29, 1.82) is 0 Å². The van der Waals surface area contributed by atoms with E-state index < -0.39 is 5.82 Å². The van der Waals surface area contributed by atoms with Crippen molar-refractivity contribution in [3.63, 3.8) is 0 Å². The highest BCUT2D eigenvalue weighted by atomic mass is 79.9. The highest BCUT2D eigenvalue weighted by Crippen LogP contribution is 2.29. The third-order valence-electron chi connectivity index (χ3n) is 1.56. The summed E-state index contributed by atoms with van der Waals surface area (Å²) < 4.78 is 13.8. The van der Waals surface area contributed by atoms with Gasteiger partial charge in [-0.2, -0.15) is 0 Å². The quantitative estimate of drug-likeness (QED) is 0.763. The number of hydrogen-bond donors (Lipinski definition) is 1. The van der Waals surface area contributed by atoms with Crippen molar-refractivity contribution in [3.8, 4) is 0 Å². The summed E-state index contributed by atoms with van der Waals surface area (Å²) in [5, 5.41) is 0.0878. The van der Waals surface area contributed by atoms with Crippen molar-refractivity contribution in [2.24, 2.45) is 5.73 Å². The molecule has 1 rings (SSSR count). The van der Waals surface area contributed by atoms with Crippen LogP contribution in [0.4, 0.5) is 4.39 Å². The minimum absolute atomic E-state index is 0.0878. The lowest BCUT2D eigenvalue weighted by Gasteiger charge is -2.08. The second-order valence-corrected chi connectivity index (χ2v) is 3.79. The van der Waals surface area contributed by atoms with Crippen molar-refractivity contribution in [3.05, 3.63) is 33.0 Å². The fourth-order valence-corrected chi connectivity index (χ4v) is 1.37. The summed E-state index contributed by atoms with van der Waals surface area (Å²) in [4.78, 5) is 0. The summed E-state index contributed by atoms with van der Waals surface area (Å²) in [6.45, 7) is 1.71. The summed E-state index contributed by atoms with van der Waals surface area (Å²) in [6.07, 6.45) is 0. The Kier molecular flexibility index (Phi) is 3.09. The maximum absolute atomic E-state index is 13.3. The van der Waals surface area contributed by atoms with E-state index in [1.807, 2.05) is 0 Å². The molecule has 0 fully saturated rings. The molecule has 0 aromatic heterocycles. The van der Waals surface area contributed by atoms with Gasteiger partial charge in [-0.05, 0) is 28.9 Å². The predicted molar refractivity (Wildman–Crippen MR) is 51.7 cm³/mol. The van der Waals surface area contributed by atoms with Crippen LogP contribution in [0, 0.1) is 5.82 Å². The zero-order valence-corrected chi connectivity index (χ0v) is 8.79. The van der Waals surface area contributed by atoms with Gasteiger partial charge in [0, 0.05) is 16.1 Å². The monoisotopic (exact) mass is 251 g/mol. The Labute approximate surface area is 83.8 Å². The lowest BCUT2D eigenvalue weighted by Crippen LogP contribution is -2.07. The molecule has 0 saturated carbocycles. The van der Waals surface area contributed by atoms with Gasteiger partial charge in [-0.1, -0.05) is 17.7 Å². The van der Waals surface area contributed by atoms with Crippen LogP contribution in [0.2, 0.25) is 5.02 Å². The zero-order valence-electron chi connectivity index (χ0n) is 6.44. The SMILES string of the molecule is CC(N)c1ccc(Br)c(Cl)c1F. The van der Waals surface area contributed by atoms with Crippen LogP contribution in [0.5, 0.6) is 0 Å². The van der Waals surface area contributed by atoms with Crippen molar-refractivity contribution in [1.82, 2.24) is 0 Å². The summed E-state index contributed by atoms with van der Waals surface area (Å²) in [6, 6.07) is 2.97. The Hall–Kier alpha value is -0.120. The first-order valence-electron chi connectivity index (χ1n) is 3.43. The molecule has 4 heteroatoms. The molecule has 1 nitrogen and oxygen atoms in total. The van der Waals surface area contributed by atoms with Gasteiger partial charge in [-0.25, -0.2) is 4.39 Å². The molecule has 1 aromatic rings. The number of rotatable bonds is 1. The van der Waals surface area contributed by atoms with E-state index in [-0.39, 0.29) is 11.1 Å². The molecule has 1 aromatic carbocycles. The zero-order chi connectivity index (χ0) is 9.30. The molecule has 0 radical (unpaired) electrons. The molecule has 0 bridgehead atoms. The van der Waals surface area contributed by atoms with Crippen LogP contribution in [0.15, 0.2) is 16.6 Å². The average Bonchev–Trinajstić information content (AvgIpc) is 2.00. The first-order chi connectivity index (χ1) is 5.54. The van der Waals surface area contributed by atoms with Gasteiger partial charge in [-0.3, -0.25) is 0 Å². The highest BCUT2D eigenvalue weighted by molar-refractivity contribution is 9.10. The number of nitrogens with two attached hydrogens (primary N) is 1. The van der Waals surface area contributed by atoms with Crippen LogP contribution >= 0.6 is 27.5 Å². The maximum Gasteiger partial charge on any atom is 0.147 e. The molecule has 0 saturated heterocycles. The molecule has 0 aliphatic heterocycles. The molecular weight excluding hydrogens is 244 g/mol. The van der Waals surface area contributed by atoms with Gasteiger partial charge in [0.25, 0.3) is 0 Å². The molecule has 0 heterocycles. The fraction of sp³-hybridized carbons (Fsp3) is 0.250. The largest absolute Gasteiger partial charge is 0.324 e. The number of halogens is 3. The Morgan fingerprint density at radius 3 is 2.67 bits per heavy atom. The van der Waals surface area contributed by atoms with Crippen molar-refractivity contribution < 1.29 is 4.39 Å². The van der Waals surface area contributed by atoms with Gasteiger partial charge < -0.3 is 5.73 Å². The molecule has 2 N–H and O–H groups in total. The molecule has 0 amide bonds. The minimum Gasteiger partial charge on any atom is -0.324 e. The normalized spacial score (nSPS) is 13.1. The third-order valence-corrected chi connectivity index (χ3v) is 2.81. The molecular formula is C8H8BrClFN. The van der Waals surface area contributed by atoms with Gasteiger partial charge in [0.2, 0.25) is 0 Å². The average molecular weight is 253 g/mol. The van der Waals surface area contributed by atoms with Crippen LogP contribution in [0.25, 0.3) is 0 Å². The van der Waals surface area contributed by atoms with Crippen molar-refractivity contribution in [2.75, 3.05) is 0 Å². The predicted octanol–water partition coefficient (Wildman–Crippen LogP) is 3.26. The van der Waals surface area contributed by atoms with E-state index in [1.165, 1.54) is 0 Å². The highest BCUT2D eigenvalue weighted by Gasteiger charge is 2.12. The molecule has 1 unspecified atom stereocenters. The summed E-state index contributed by atoms with van der Waals surface area (Å²) in [5.41, 5.74) is 5.95. The first-order valence-corrected chi connectivity index (χ1v) is 4.60. The molecule has 0 aliphatic carbocycles. The second-order valence-electron chi connectivity index (χ2n) is 2.55. The molecule has 66 valence electrons. The van der Waals surface area contributed by atoms with Crippen LogP contribution in [-0.2, 0) is 0 Å². The van der Waals surface area contributed by atoms with Crippen molar-refractivity contribution in [2.45, 2.75) is 13.0 Å². The van der Waals surface area contributed by atoms with Gasteiger partial charge in [-0.15, -0.1) is 0 Å². The summed E-state index contributed by atoms with van der Waals surface area (Å²) in [7, 11) is 0. The first kappa shape index (κ1) is 9.96. The molecule has 0 aliphatic rings. The minimum atomic E-state index is -0.443. The lowest BCUT2D eigenvalue weighted by molar-refractivity contribution is 0.593. The lowest BCUT2D eigenvalue weighted by atomic mass is 10.1. The smallest absolute Gasteiger partial charge is 0.147 e. The Morgan fingerprint density at radius 2 is 2.17 bits per heavy atom. The Morgan fingerprint density at radius 1 is 1.58 bits per heavy atom. The number of benzene rings is 1. The van der Waals surface area contributed by atoms with Crippen LogP contribution < -0.4 is 5.73 Å². The molecule has 1 atom stereocenters. The van der Waals surface area contributed by atoms with Crippen molar-refractivity contribution >= 4 is 27.5 Å². The van der Waals surface area contributed by atoms with Crippen LogP contribution in [-0.4, -0.2) is 0 Å². The van der Waals surface area contributed by atoms with E-state index in [1.54, 1.807) is 19.1 Å². The summed E-state index contributed by atoms with van der Waals surface area (Å²) in [5.74, 6) is -0.443. The summed E-state index contributed by atoms with van der Waals surface area (Å²) >= 11 is 8.77. The van der Waals surface area contributed by atoms with Crippen LogP contribution in [0.3, 0.4) is 0 Å². The molecule has 0 spiro atoms. The van der Waals surface area contributed by atoms with E-state index in [4.69, 9.17) is 17.3 Å².